The van der Waals surface area contributed by atoms with Crippen LogP contribution >= 0.6 is 0 Å². The summed E-state index contributed by atoms with van der Waals surface area (Å²) in [7, 11) is 0. The zero-order valence-corrected chi connectivity index (χ0v) is 13.3. The summed E-state index contributed by atoms with van der Waals surface area (Å²) in [6.45, 7) is 4.10. The maximum atomic E-state index is 8.71. The predicted molar refractivity (Wildman–Crippen MR) is 92.1 cm³/mol. The summed E-state index contributed by atoms with van der Waals surface area (Å²) in [5.41, 5.74) is 23.1. The Morgan fingerprint density at radius 3 is 1.57 bits per heavy atom. The van der Waals surface area contributed by atoms with E-state index in [1.807, 2.05) is 38.1 Å². The maximum Gasteiger partial charge on any atom is 0.0410 e. The van der Waals surface area contributed by atoms with Gasteiger partial charge in [0, 0.05) is 21.2 Å². The lowest BCUT2D eigenvalue weighted by Gasteiger charge is -2.14. The third kappa shape index (κ3) is 3.64. The summed E-state index contributed by atoms with van der Waals surface area (Å²) in [4.78, 5) is 5.81. The van der Waals surface area contributed by atoms with E-state index in [-0.39, 0.29) is 0 Å². The van der Waals surface area contributed by atoms with Gasteiger partial charge < -0.3 is 0 Å². The number of azide groups is 2. The summed E-state index contributed by atoms with van der Waals surface area (Å²) < 4.78 is 0. The summed E-state index contributed by atoms with van der Waals surface area (Å²) in [5, 5.41) is 7.57. The standard InChI is InChI=1S/C17H18N6/c1-3-14-12(7-5-9-16(14)20-22-18)11-13-8-6-10-17(21-23-19)15(13)4-2/h5-10H,3-4,11H2,1-2H3. The molecule has 23 heavy (non-hydrogen) atoms. The molecule has 2 aromatic carbocycles. The lowest BCUT2D eigenvalue weighted by atomic mass is 9.93. The van der Waals surface area contributed by atoms with Gasteiger partial charge in [-0.2, -0.15) is 0 Å². The zero-order valence-electron chi connectivity index (χ0n) is 13.3. The molecule has 0 aliphatic rings. The molecule has 0 aliphatic heterocycles. The number of nitrogens with zero attached hydrogens (tertiary/aromatic N) is 6. The highest BCUT2D eigenvalue weighted by atomic mass is 15.1. The molecule has 0 aromatic heterocycles. The average Bonchev–Trinajstić information content (AvgIpc) is 2.56. The van der Waals surface area contributed by atoms with Crippen LogP contribution in [-0.4, -0.2) is 0 Å². The molecule has 116 valence electrons. The first-order valence-corrected chi connectivity index (χ1v) is 7.56. The van der Waals surface area contributed by atoms with E-state index >= 15 is 0 Å². The third-order valence-electron chi connectivity index (χ3n) is 3.89. The molecule has 2 rings (SSSR count). The van der Waals surface area contributed by atoms with E-state index in [0.717, 1.165) is 41.5 Å². The normalized spacial score (nSPS) is 9.83. The third-order valence-corrected chi connectivity index (χ3v) is 3.89. The van der Waals surface area contributed by atoms with Gasteiger partial charge in [-0.3, -0.25) is 0 Å². The van der Waals surface area contributed by atoms with E-state index < -0.39 is 0 Å². The van der Waals surface area contributed by atoms with Crippen molar-refractivity contribution >= 4 is 11.4 Å². The Morgan fingerprint density at radius 1 is 0.783 bits per heavy atom. The summed E-state index contributed by atoms with van der Waals surface area (Å²) >= 11 is 0. The van der Waals surface area contributed by atoms with Gasteiger partial charge in [0.25, 0.3) is 0 Å². The molecule has 0 fully saturated rings. The molecule has 0 amide bonds. The Hall–Kier alpha value is -2.94. The fourth-order valence-electron chi connectivity index (χ4n) is 2.88. The van der Waals surface area contributed by atoms with Gasteiger partial charge in [0.1, 0.15) is 0 Å². The molecule has 0 atom stereocenters. The Labute approximate surface area is 135 Å². The van der Waals surface area contributed by atoms with Crippen molar-refractivity contribution in [2.24, 2.45) is 10.2 Å². The van der Waals surface area contributed by atoms with Crippen LogP contribution in [0.2, 0.25) is 0 Å². The van der Waals surface area contributed by atoms with Crippen molar-refractivity contribution in [3.05, 3.63) is 79.5 Å². The first-order valence-electron chi connectivity index (χ1n) is 7.56. The van der Waals surface area contributed by atoms with Crippen molar-refractivity contribution < 1.29 is 0 Å². The molecular formula is C17H18N6. The topological polar surface area (TPSA) is 97.5 Å². The second-order valence-corrected chi connectivity index (χ2v) is 5.09. The Balaban J connectivity index is 2.51. The number of benzene rings is 2. The molecule has 2 aromatic rings. The van der Waals surface area contributed by atoms with Crippen LogP contribution in [0.1, 0.15) is 36.1 Å². The van der Waals surface area contributed by atoms with Gasteiger partial charge in [0.2, 0.25) is 0 Å². The molecule has 0 radical (unpaired) electrons. The van der Waals surface area contributed by atoms with Crippen LogP contribution in [-0.2, 0) is 19.3 Å². The second kappa shape index (κ2) is 7.90. The Kier molecular flexibility index (Phi) is 5.64. The fourth-order valence-corrected chi connectivity index (χ4v) is 2.88. The van der Waals surface area contributed by atoms with Crippen LogP contribution in [0.15, 0.2) is 46.6 Å². The summed E-state index contributed by atoms with van der Waals surface area (Å²) in [6.07, 6.45) is 2.31. The molecule has 6 nitrogen and oxygen atoms in total. The van der Waals surface area contributed by atoms with E-state index in [2.05, 4.69) is 32.2 Å². The Bertz CT molecular complexity index is 731. The van der Waals surface area contributed by atoms with Gasteiger partial charge in [0.15, 0.2) is 0 Å². The number of rotatable bonds is 6. The minimum atomic E-state index is 0.678. The van der Waals surface area contributed by atoms with E-state index in [1.54, 1.807) is 0 Å². The van der Waals surface area contributed by atoms with E-state index in [0.29, 0.717) is 11.4 Å². The van der Waals surface area contributed by atoms with Crippen LogP contribution in [0.5, 0.6) is 0 Å². The minimum absolute atomic E-state index is 0.678. The van der Waals surface area contributed by atoms with Crippen molar-refractivity contribution in [2.75, 3.05) is 0 Å². The van der Waals surface area contributed by atoms with Crippen molar-refractivity contribution in [1.29, 1.82) is 0 Å². The number of hydrogen-bond donors (Lipinski definition) is 0. The highest BCUT2D eigenvalue weighted by molar-refractivity contribution is 5.55. The summed E-state index contributed by atoms with van der Waals surface area (Å²) in [6, 6.07) is 11.6. The van der Waals surface area contributed by atoms with Crippen LogP contribution in [0.25, 0.3) is 20.9 Å². The van der Waals surface area contributed by atoms with Crippen molar-refractivity contribution in [1.82, 2.24) is 0 Å². The summed E-state index contributed by atoms with van der Waals surface area (Å²) in [5.74, 6) is 0. The quantitative estimate of drug-likeness (QED) is 0.340. The minimum Gasteiger partial charge on any atom is -0.0615 e. The van der Waals surface area contributed by atoms with E-state index in [1.165, 1.54) is 0 Å². The van der Waals surface area contributed by atoms with Gasteiger partial charge in [-0.05, 0) is 52.6 Å². The molecule has 0 saturated heterocycles. The molecular weight excluding hydrogens is 288 g/mol. The monoisotopic (exact) mass is 306 g/mol. The van der Waals surface area contributed by atoms with Gasteiger partial charge in [-0.1, -0.05) is 60.5 Å². The fraction of sp³-hybridized carbons (Fsp3) is 0.294. The largest absolute Gasteiger partial charge is 0.0615 e. The molecule has 0 saturated carbocycles. The van der Waals surface area contributed by atoms with Crippen LogP contribution < -0.4 is 0 Å². The molecule has 0 spiro atoms. The van der Waals surface area contributed by atoms with Crippen LogP contribution in [0, 0.1) is 0 Å². The van der Waals surface area contributed by atoms with Gasteiger partial charge in [-0.25, -0.2) is 0 Å². The van der Waals surface area contributed by atoms with Crippen LogP contribution in [0.3, 0.4) is 0 Å². The molecule has 6 heteroatoms. The first-order chi connectivity index (χ1) is 11.2. The molecule has 0 bridgehead atoms. The van der Waals surface area contributed by atoms with Gasteiger partial charge >= 0.3 is 0 Å². The van der Waals surface area contributed by atoms with E-state index in [4.69, 9.17) is 11.1 Å². The highest BCUT2D eigenvalue weighted by Gasteiger charge is 2.10. The molecule has 0 unspecified atom stereocenters. The lowest BCUT2D eigenvalue weighted by molar-refractivity contribution is 1.02. The zero-order chi connectivity index (χ0) is 16.7. The predicted octanol–water partition coefficient (Wildman–Crippen LogP) is 6.29. The molecule has 0 aliphatic carbocycles. The maximum absolute atomic E-state index is 8.71. The van der Waals surface area contributed by atoms with Gasteiger partial charge in [-0.15, -0.1) is 0 Å². The first kappa shape index (κ1) is 16.4. The lowest BCUT2D eigenvalue weighted by Crippen LogP contribution is -1.99. The van der Waals surface area contributed by atoms with E-state index in [9.17, 15) is 0 Å². The van der Waals surface area contributed by atoms with Crippen LogP contribution in [0.4, 0.5) is 11.4 Å². The SMILES string of the molecule is CCc1c(Cc2cccc(N=[N+]=[N-])c2CC)cccc1N=[N+]=[N-]. The molecule has 0 N–H and O–H groups in total. The second-order valence-electron chi connectivity index (χ2n) is 5.09. The molecule has 0 heterocycles. The highest BCUT2D eigenvalue weighted by Crippen LogP contribution is 2.29. The van der Waals surface area contributed by atoms with Gasteiger partial charge in [0.05, 0.1) is 0 Å². The smallest absolute Gasteiger partial charge is 0.0410 e. The van der Waals surface area contributed by atoms with Crippen molar-refractivity contribution in [3.8, 4) is 0 Å². The number of hydrogen-bond acceptors (Lipinski definition) is 2. The average molecular weight is 306 g/mol. The van der Waals surface area contributed by atoms with Crippen molar-refractivity contribution in [3.63, 3.8) is 0 Å². The van der Waals surface area contributed by atoms with Crippen molar-refractivity contribution in [2.45, 2.75) is 33.1 Å². The Morgan fingerprint density at radius 2 is 1.22 bits per heavy atom.